The van der Waals surface area contributed by atoms with Crippen molar-refractivity contribution >= 4 is 17.6 Å². The van der Waals surface area contributed by atoms with Gasteiger partial charge in [0.05, 0.1) is 18.6 Å². The van der Waals surface area contributed by atoms with Crippen LogP contribution in [0.25, 0.3) is 0 Å². The van der Waals surface area contributed by atoms with Gasteiger partial charge in [-0.1, -0.05) is 32.0 Å². The van der Waals surface area contributed by atoms with E-state index in [1.54, 1.807) is 25.4 Å². The molecule has 0 bridgehead atoms. The van der Waals surface area contributed by atoms with Crippen LogP contribution < -0.4 is 15.8 Å². The summed E-state index contributed by atoms with van der Waals surface area (Å²) in [7, 11) is 1.73. The predicted octanol–water partition coefficient (Wildman–Crippen LogP) is 3.38. The molecule has 2 N–H and O–H groups in total. The third-order valence-electron chi connectivity index (χ3n) is 6.29. The molecule has 2 aromatic rings. The molecule has 184 valence electrons. The van der Waals surface area contributed by atoms with Crippen LogP contribution in [0, 0.1) is 5.92 Å². The molecule has 2 heterocycles. The number of nitrogens with zero attached hydrogens (tertiary/aromatic N) is 2. The lowest BCUT2D eigenvalue weighted by Crippen LogP contribution is -2.40. The van der Waals surface area contributed by atoms with E-state index in [1.807, 2.05) is 38.1 Å². The maximum absolute atomic E-state index is 13.4. The summed E-state index contributed by atoms with van der Waals surface area (Å²) < 4.78 is 6.88. The number of carbonyl (C=O) groups is 2. The summed E-state index contributed by atoms with van der Waals surface area (Å²) in [4.78, 5) is 39.7. The number of methoxy groups -OCH3 is 1. The number of hydrogen-bond acceptors (Lipinski definition) is 5. The van der Waals surface area contributed by atoms with Crippen molar-refractivity contribution in [3.63, 3.8) is 0 Å². The molecule has 34 heavy (non-hydrogen) atoms. The zero-order valence-corrected chi connectivity index (χ0v) is 20.1. The Morgan fingerprint density at radius 1 is 1.15 bits per heavy atom. The molecular weight excluding hydrogens is 434 g/mol. The Hall–Kier alpha value is -3.13. The second-order valence-corrected chi connectivity index (χ2v) is 9.27. The highest BCUT2D eigenvalue weighted by atomic mass is 16.5. The molecule has 0 aliphatic carbocycles. The monoisotopic (exact) mass is 469 g/mol. The van der Waals surface area contributed by atoms with Gasteiger partial charge in [-0.3, -0.25) is 14.4 Å². The van der Waals surface area contributed by atoms with Gasteiger partial charge in [0.1, 0.15) is 6.04 Å². The first-order chi connectivity index (χ1) is 16.3. The Labute approximate surface area is 200 Å². The number of aliphatic carboxylic acids is 1. The summed E-state index contributed by atoms with van der Waals surface area (Å²) in [6.07, 6.45) is 3.93. The van der Waals surface area contributed by atoms with Crippen LogP contribution in [-0.4, -0.2) is 47.9 Å². The fraction of sp³-hybridized carbons (Fsp3) is 0.500. The number of amides is 1. The Morgan fingerprint density at radius 2 is 1.88 bits per heavy atom. The second kappa shape index (κ2) is 11.8. The van der Waals surface area contributed by atoms with E-state index in [-0.39, 0.29) is 29.9 Å². The van der Waals surface area contributed by atoms with Gasteiger partial charge in [-0.2, -0.15) is 0 Å². The normalized spacial score (nSPS) is 16.3. The van der Waals surface area contributed by atoms with Crippen molar-refractivity contribution in [2.75, 3.05) is 25.1 Å². The Bertz CT molecular complexity index is 1030. The molecule has 1 aromatic carbocycles. The summed E-state index contributed by atoms with van der Waals surface area (Å²) in [5.74, 6) is -1.20. The smallest absolute Gasteiger partial charge is 0.305 e. The van der Waals surface area contributed by atoms with Gasteiger partial charge in [0.15, 0.2) is 0 Å². The number of aromatic nitrogens is 1. The van der Waals surface area contributed by atoms with E-state index >= 15 is 0 Å². The largest absolute Gasteiger partial charge is 0.481 e. The summed E-state index contributed by atoms with van der Waals surface area (Å²) in [6.45, 7) is 5.68. The summed E-state index contributed by atoms with van der Waals surface area (Å²) in [5.41, 5.74) is 1.46. The molecule has 0 saturated carbocycles. The van der Waals surface area contributed by atoms with Crippen LogP contribution in [0.4, 0.5) is 5.69 Å². The lowest BCUT2D eigenvalue weighted by molar-refractivity contribution is -0.138. The standard InChI is InChI=1S/C26H35N3O5/c1-18(2)15-23(29-12-5-4-9-24(29)30)26(33)27-22(17-25(31)32)19-7-6-8-20(16-19)28-13-10-21(34-3)11-14-28/h4-9,12,16,18,21-23H,10-11,13-15,17H2,1-3H3,(H,27,33)(H,31,32)/t22-,23-/m0/s1. The average molecular weight is 470 g/mol. The van der Waals surface area contributed by atoms with Crippen LogP contribution in [0.3, 0.4) is 0 Å². The first kappa shape index (κ1) is 25.5. The van der Waals surface area contributed by atoms with Crippen LogP contribution in [0.15, 0.2) is 53.5 Å². The van der Waals surface area contributed by atoms with Crippen LogP contribution in [0.5, 0.6) is 0 Å². The zero-order chi connectivity index (χ0) is 24.7. The molecule has 1 saturated heterocycles. The van der Waals surface area contributed by atoms with E-state index < -0.39 is 18.1 Å². The molecule has 1 aliphatic rings. The highest BCUT2D eigenvalue weighted by Crippen LogP contribution is 2.27. The fourth-order valence-electron chi connectivity index (χ4n) is 4.47. The number of carboxylic acid groups (broad SMARTS) is 1. The summed E-state index contributed by atoms with van der Waals surface area (Å²) in [6, 6.07) is 11.0. The third kappa shape index (κ3) is 6.70. The van der Waals surface area contributed by atoms with E-state index in [0.717, 1.165) is 37.2 Å². The molecule has 1 fully saturated rings. The van der Waals surface area contributed by atoms with Crippen molar-refractivity contribution in [1.29, 1.82) is 0 Å². The van der Waals surface area contributed by atoms with Crippen molar-refractivity contribution in [2.24, 2.45) is 5.92 Å². The minimum Gasteiger partial charge on any atom is -0.481 e. The Morgan fingerprint density at radius 3 is 2.50 bits per heavy atom. The molecule has 0 radical (unpaired) electrons. The fourth-order valence-corrected chi connectivity index (χ4v) is 4.47. The van der Waals surface area contributed by atoms with Crippen molar-refractivity contribution in [1.82, 2.24) is 9.88 Å². The molecule has 1 aliphatic heterocycles. The first-order valence-electron chi connectivity index (χ1n) is 11.9. The molecule has 0 spiro atoms. The van der Waals surface area contributed by atoms with Gasteiger partial charge in [-0.05, 0) is 48.9 Å². The highest BCUT2D eigenvalue weighted by Gasteiger charge is 2.27. The Balaban J connectivity index is 1.84. The molecule has 1 aromatic heterocycles. The molecule has 8 heteroatoms. The van der Waals surface area contributed by atoms with Gasteiger partial charge in [-0.15, -0.1) is 0 Å². The third-order valence-corrected chi connectivity index (χ3v) is 6.29. The van der Waals surface area contributed by atoms with Crippen LogP contribution in [-0.2, 0) is 14.3 Å². The Kier molecular flexibility index (Phi) is 8.87. The lowest BCUT2D eigenvalue weighted by Gasteiger charge is -2.33. The van der Waals surface area contributed by atoms with Crippen LogP contribution in [0.2, 0.25) is 0 Å². The van der Waals surface area contributed by atoms with E-state index in [2.05, 4.69) is 10.2 Å². The number of hydrogen-bond donors (Lipinski definition) is 2. The number of rotatable bonds is 10. The second-order valence-electron chi connectivity index (χ2n) is 9.27. The average Bonchev–Trinajstić information content (AvgIpc) is 2.82. The van der Waals surface area contributed by atoms with E-state index in [9.17, 15) is 19.5 Å². The number of pyridine rings is 1. The van der Waals surface area contributed by atoms with Crippen molar-refractivity contribution in [3.05, 3.63) is 64.6 Å². The predicted molar refractivity (Wildman–Crippen MR) is 131 cm³/mol. The number of piperidine rings is 1. The minimum atomic E-state index is -1.01. The summed E-state index contributed by atoms with van der Waals surface area (Å²) >= 11 is 0. The van der Waals surface area contributed by atoms with E-state index in [4.69, 9.17) is 4.74 Å². The maximum Gasteiger partial charge on any atom is 0.305 e. The summed E-state index contributed by atoms with van der Waals surface area (Å²) in [5, 5.41) is 12.5. The number of nitrogens with one attached hydrogen (secondary N) is 1. The first-order valence-corrected chi connectivity index (χ1v) is 11.9. The molecule has 0 unspecified atom stereocenters. The number of ether oxygens (including phenoxy) is 1. The van der Waals surface area contributed by atoms with Gasteiger partial charge in [-0.25, -0.2) is 0 Å². The quantitative estimate of drug-likeness (QED) is 0.553. The van der Waals surface area contributed by atoms with Gasteiger partial charge < -0.3 is 24.6 Å². The maximum atomic E-state index is 13.4. The molecule has 1 amide bonds. The lowest BCUT2D eigenvalue weighted by atomic mass is 9.99. The molecule has 3 rings (SSSR count). The van der Waals surface area contributed by atoms with Gasteiger partial charge in [0, 0.05) is 38.1 Å². The SMILES string of the molecule is COC1CCN(c2cccc([C@H](CC(=O)O)NC(=O)[C@H](CC(C)C)n3ccccc3=O)c2)CC1. The number of anilines is 1. The van der Waals surface area contributed by atoms with E-state index in [1.165, 1.54) is 10.6 Å². The van der Waals surface area contributed by atoms with Gasteiger partial charge >= 0.3 is 5.97 Å². The van der Waals surface area contributed by atoms with Crippen LogP contribution in [0.1, 0.15) is 57.2 Å². The van der Waals surface area contributed by atoms with Crippen molar-refractivity contribution in [3.8, 4) is 0 Å². The number of carbonyl (C=O) groups excluding carboxylic acids is 1. The number of carboxylic acids is 1. The van der Waals surface area contributed by atoms with Gasteiger partial charge in [0.2, 0.25) is 5.91 Å². The highest BCUT2D eigenvalue weighted by molar-refractivity contribution is 5.81. The van der Waals surface area contributed by atoms with Gasteiger partial charge in [0.25, 0.3) is 5.56 Å². The molecule has 8 nitrogen and oxygen atoms in total. The topological polar surface area (TPSA) is 101 Å². The number of benzene rings is 1. The molecule has 2 atom stereocenters. The molecular formula is C26H35N3O5. The minimum absolute atomic E-state index is 0.166. The van der Waals surface area contributed by atoms with Crippen molar-refractivity contribution in [2.45, 2.75) is 57.7 Å². The van der Waals surface area contributed by atoms with E-state index in [0.29, 0.717) is 6.42 Å². The van der Waals surface area contributed by atoms with Crippen LogP contribution >= 0.6 is 0 Å². The zero-order valence-electron chi connectivity index (χ0n) is 20.1. The van der Waals surface area contributed by atoms with Crippen molar-refractivity contribution < 1.29 is 19.4 Å².